The summed E-state index contributed by atoms with van der Waals surface area (Å²) in [7, 11) is 0. The van der Waals surface area contributed by atoms with E-state index in [1.54, 1.807) is 0 Å². The molecule has 1 atom stereocenters. The first-order valence-corrected chi connectivity index (χ1v) is 6.32. The smallest absolute Gasteiger partial charge is 0.326 e. The molecular weight excluding hydrogens is 256 g/mol. The lowest BCUT2D eigenvalue weighted by Crippen LogP contribution is -2.41. The molecule has 18 heavy (non-hydrogen) atoms. The number of H-pyrrole nitrogens is 1. The fourth-order valence-electron chi connectivity index (χ4n) is 1.52. The molecule has 1 unspecified atom stereocenters. The van der Waals surface area contributed by atoms with Crippen LogP contribution in [0.4, 0.5) is 0 Å². The van der Waals surface area contributed by atoms with E-state index in [0.717, 1.165) is 12.8 Å². The van der Waals surface area contributed by atoms with Gasteiger partial charge in [0.2, 0.25) is 5.82 Å². The SMILES string of the molecule is O=C(NC(CCS)C(=O)O)c1n[nH]c(C2CC2)n1. The van der Waals surface area contributed by atoms with Gasteiger partial charge in [0.1, 0.15) is 11.9 Å². The lowest BCUT2D eigenvalue weighted by Gasteiger charge is -2.11. The summed E-state index contributed by atoms with van der Waals surface area (Å²) in [5.74, 6) is -0.239. The summed E-state index contributed by atoms with van der Waals surface area (Å²) in [6.45, 7) is 0. The van der Waals surface area contributed by atoms with Crippen molar-refractivity contribution in [3.8, 4) is 0 Å². The van der Waals surface area contributed by atoms with E-state index >= 15 is 0 Å². The fourth-order valence-corrected chi connectivity index (χ4v) is 1.78. The third-order valence-electron chi connectivity index (χ3n) is 2.69. The van der Waals surface area contributed by atoms with Gasteiger partial charge in [-0.2, -0.15) is 12.6 Å². The monoisotopic (exact) mass is 270 g/mol. The number of amides is 1. The van der Waals surface area contributed by atoms with Crippen LogP contribution in [-0.2, 0) is 4.79 Å². The molecule has 1 aromatic heterocycles. The van der Waals surface area contributed by atoms with Crippen molar-refractivity contribution in [1.29, 1.82) is 0 Å². The number of hydrogen-bond donors (Lipinski definition) is 4. The van der Waals surface area contributed by atoms with E-state index in [2.05, 4.69) is 33.1 Å². The predicted octanol–water partition coefficient (Wildman–Crippen LogP) is 0.185. The van der Waals surface area contributed by atoms with Crippen LogP contribution in [0, 0.1) is 0 Å². The van der Waals surface area contributed by atoms with Crippen LogP contribution >= 0.6 is 12.6 Å². The van der Waals surface area contributed by atoms with Crippen LogP contribution in [0.3, 0.4) is 0 Å². The maximum absolute atomic E-state index is 11.7. The molecule has 1 aromatic rings. The number of carboxylic acids is 1. The molecule has 0 aliphatic heterocycles. The summed E-state index contributed by atoms with van der Waals surface area (Å²) in [5.41, 5.74) is 0. The second-order valence-corrected chi connectivity index (χ2v) is 4.64. The number of aliphatic carboxylic acids is 1. The van der Waals surface area contributed by atoms with E-state index < -0.39 is 17.9 Å². The Balaban J connectivity index is 1.98. The number of thiol groups is 1. The normalized spacial score (nSPS) is 16.3. The van der Waals surface area contributed by atoms with Gasteiger partial charge in [0, 0.05) is 5.92 Å². The molecule has 1 saturated carbocycles. The van der Waals surface area contributed by atoms with Crippen molar-refractivity contribution in [1.82, 2.24) is 20.5 Å². The van der Waals surface area contributed by atoms with Gasteiger partial charge in [-0.15, -0.1) is 5.10 Å². The zero-order valence-corrected chi connectivity index (χ0v) is 10.5. The quantitative estimate of drug-likeness (QED) is 0.552. The van der Waals surface area contributed by atoms with Gasteiger partial charge >= 0.3 is 5.97 Å². The molecule has 98 valence electrons. The first kappa shape index (κ1) is 12.9. The molecule has 7 nitrogen and oxygen atoms in total. The molecule has 3 N–H and O–H groups in total. The van der Waals surface area contributed by atoms with Gasteiger partial charge in [-0.3, -0.25) is 9.89 Å². The number of hydrogen-bond acceptors (Lipinski definition) is 5. The molecule has 0 radical (unpaired) electrons. The predicted molar refractivity (Wildman–Crippen MR) is 65.7 cm³/mol. The number of nitrogens with one attached hydrogen (secondary N) is 2. The maximum Gasteiger partial charge on any atom is 0.326 e. The summed E-state index contributed by atoms with van der Waals surface area (Å²) in [4.78, 5) is 26.7. The number of aromatic nitrogens is 3. The highest BCUT2D eigenvalue weighted by Gasteiger charge is 2.29. The summed E-state index contributed by atoms with van der Waals surface area (Å²) in [6, 6.07) is -0.960. The average molecular weight is 270 g/mol. The van der Waals surface area contributed by atoms with Crippen molar-refractivity contribution in [2.45, 2.75) is 31.2 Å². The number of nitrogens with zero attached hydrogens (tertiary/aromatic N) is 2. The highest BCUT2D eigenvalue weighted by molar-refractivity contribution is 7.80. The Bertz CT molecular complexity index is 458. The molecule has 8 heteroatoms. The zero-order chi connectivity index (χ0) is 13.1. The fraction of sp³-hybridized carbons (Fsp3) is 0.600. The van der Waals surface area contributed by atoms with Crippen LogP contribution in [0.1, 0.15) is 41.6 Å². The molecule has 0 spiro atoms. The molecule has 1 fully saturated rings. The minimum absolute atomic E-state index is 0.0117. The van der Waals surface area contributed by atoms with Crippen molar-refractivity contribution in [2.24, 2.45) is 0 Å². The molecule has 0 saturated heterocycles. The van der Waals surface area contributed by atoms with Crippen LogP contribution < -0.4 is 5.32 Å². The van der Waals surface area contributed by atoms with Gasteiger partial charge in [0.25, 0.3) is 5.91 Å². The van der Waals surface area contributed by atoms with E-state index in [1.165, 1.54) is 0 Å². The lowest BCUT2D eigenvalue weighted by molar-refractivity contribution is -0.139. The minimum atomic E-state index is -1.09. The maximum atomic E-state index is 11.7. The standard InChI is InChI=1S/C10H14N4O3S/c15-9(11-6(3-4-18)10(16)17)8-12-7(13-14-8)5-1-2-5/h5-6,18H,1-4H2,(H,11,15)(H,16,17)(H,12,13,14). The van der Waals surface area contributed by atoms with Crippen LogP contribution in [0.15, 0.2) is 0 Å². The topological polar surface area (TPSA) is 108 Å². The highest BCUT2D eigenvalue weighted by atomic mass is 32.1. The minimum Gasteiger partial charge on any atom is -0.480 e. The third-order valence-corrected chi connectivity index (χ3v) is 2.95. The van der Waals surface area contributed by atoms with Crippen molar-refractivity contribution < 1.29 is 14.7 Å². The van der Waals surface area contributed by atoms with Gasteiger partial charge in [-0.25, -0.2) is 9.78 Å². The van der Waals surface area contributed by atoms with E-state index in [1.807, 2.05) is 0 Å². The van der Waals surface area contributed by atoms with Crippen LogP contribution in [-0.4, -0.2) is 44.0 Å². The van der Waals surface area contributed by atoms with Crippen molar-refractivity contribution in [2.75, 3.05) is 5.75 Å². The summed E-state index contributed by atoms with van der Waals surface area (Å²) in [6.07, 6.45) is 2.35. The van der Waals surface area contributed by atoms with Crippen LogP contribution in [0.2, 0.25) is 0 Å². The Labute approximate surface area is 109 Å². The zero-order valence-electron chi connectivity index (χ0n) is 9.59. The molecule has 1 heterocycles. The Hall–Kier alpha value is -1.57. The lowest BCUT2D eigenvalue weighted by atomic mass is 10.2. The number of carboxylic acid groups (broad SMARTS) is 1. The van der Waals surface area contributed by atoms with Gasteiger partial charge in [0.05, 0.1) is 0 Å². The van der Waals surface area contributed by atoms with Gasteiger partial charge < -0.3 is 10.4 Å². The highest BCUT2D eigenvalue weighted by Crippen LogP contribution is 2.37. The summed E-state index contributed by atoms with van der Waals surface area (Å²) < 4.78 is 0. The van der Waals surface area contributed by atoms with Gasteiger partial charge in [0.15, 0.2) is 0 Å². The molecular formula is C10H14N4O3S. The molecule has 1 amide bonds. The van der Waals surface area contributed by atoms with E-state index in [4.69, 9.17) is 5.11 Å². The molecule has 2 rings (SSSR count). The Morgan fingerprint density at radius 2 is 2.28 bits per heavy atom. The van der Waals surface area contributed by atoms with Crippen molar-refractivity contribution in [3.05, 3.63) is 11.6 Å². The second kappa shape index (κ2) is 5.38. The molecule has 0 aromatic carbocycles. The number of aromatic amines is 1. The van der Waals surface area contributed by atoms with Crippen molar-refractivity contribution in [3.63, 3.8) is 0 Å². The summed E-state index contributed by atoms with van der Waals surface area (Å²) in [5, 5.41) is 17.8. The van der Waals surface area contributed by atoms with Crippen LogP contribution in [0.25, 0.3) is 0 Å². The second-order valence-electron chi connectivity index (χ2n) is 4.20. The Morgan fingerprint density at radius 3 is 2.83 bits per heavy atom. The van der Waals surface area contributed by atoms with E-state index in [0.29, 0.717) is 17.5 Å². The number of carbonyl (C=O) groups is 2. The first-order valence-electron chi connectivity index (χ1n) is 5.68. The summed E-state index contributed by atoms with van der Waals surface area (Å²) >= 11 is 3.95. The Kier molecular flexibility index (Phi) is 3.85. The molecule has 1 aliphatic rings. The van der Waals surface area contributed by atoms with Crippen LogP contribution in [0.5, 0.6) is 0 Å². The van der Waals surface area contributed by atoms with Gasteiger partial charge in [-0.1, -0.05) is 0 Å². The third kappa shape index (κ3) is 3.00. The van der Waals surface area contributed by atoms with E-state index in [-0.39, 0.29) is 12.2 Å². The largest absolute Gasteiger partial charge is 0.480 e. The molecule has 0 bridgehead atoms. The van der Waals surface area contributed by atoms with Crippen molar-refractivity contribution >= 4 is 24.5 Å². The number of carbonyl (C=O) groups excluding carboxylic acids is 1. The Morgan fingerprint density at radius 1 is 1.56 bits per heavy atom. The number of rotatable bonds is 6. The average Bonchev–Trinajstić information content (AvgIpc) is 3.06. The van der Waals surface area contributed by atoms with E-state index in [9.17, 15) is 9.59 Å². The van der Waals surface area contributed by atoms with Gasteiger partial charge in [-0.05, 0) is 25.0 Å². The first-order chi connectivity index (χ1) is 8.61. The molecule has 1 aliphatic carbocycles.